The van der Waals surface area contributed by atoms with Crippen molar-refractivity contribution in [1.82, 2.24) is 10.2 Å². The Labute approximate surface area is 228 Å². The molecule has 3 aromatic carbocycles. The minimum Gasteiger partial charge on any atom is -0.493 e. The first-order valence-corrected chi connectivity index (χ1v) is 13.5. The Balaban J connectivity index is 2.06. The lowest BCUT2D eigenvalue weighted by Crippen LogP contribution is -2.50. The number of methoxy groups -OCH3 is 2. The van der Waals surface area contributed by atoms with E-state index in [9.17, 15) is 22.4 Å². The molecule has 0 aliphatic heterocycles. The third kappa shape index (κ3) is 6.85. The van der Waals surface area contributed by atoms with Crippen molar-refractivity contribution < 1.29 is 31.9 Å². The summed E-state index contributed by atoms with van der Waals surface area (Å²) in [5, 5.41) is 2.52. The monoisotopic (exact) mass is 557 g/mol. The molecule has 0 aromatic heterocycles. The van der Waals surface area contributed by atoms with Gasteiger partial charge in [0.05, 0.1) is 24.8 Å². The molecule has 0 aliphatic carbocycles. The molecule has 3 aromatic rings. The number of ether oxygens (including phenoxy) is 2. The van der Waals surface area contributed by atoms with E-state index in [0.717, 1.165) is 9.87 Å². The maximum atomic E-state index is 13.9. The zero-order valence-corrected chi connectivity index (χ0v) is 23.3. The van der Waals surface area contributed by atoms with Gasteiger partial charge in [-0.25, -0.2) is 12.8 Å². The number of likely N-dealkylation sites (N-methyl/N-ethyl adjacent to an activating group) is 1. The van der Waals surface area contributed by atoms with E-state index in [0.29, 0.717) is 11.3 Å². The highest BCUT2D eigenvalue weighted by Gasteiger charge is 2.32. The van der Waals surface area contributed by atoms with Crippen molar-refractivity contribution in [3.8, 4) is 11.5 Å². The van der Waals surface area contributed by atoms with Crippen molar-refractivity contribution in [3.63, 3.8) is 0 Å². The zero-order chi connectivity index (χ0) is 28.7. The van der Waals surface area contributed by atoms with Gasteiger partial charge in [-0.1, -0.05) is 29.8 Å². The summed E-state index contributed by atoms with van der Waals surface area (Å²) in [6.07, 6.45) is 0. The summed E-state index contributed by atoms with van der Waals surface area (Å²) in [5.74, 6) is -0.947. The van der Waals surface area contributed by atoms with E-state index in [1.54, 1.807) is 31.2 Å². The van der Waals surface area contributed by atoms with Crippen LogP contribution in [0.25, 0.3) is 0 Å². The fraction of sp³-hybridized carbons (Fsp3) is 0.286. The van der Waals surface area contributed by atoms with Crippen LogP contribution in [0, 0.1) is 12.7 Å². The number of aryl methyl sites for hydroxylation is 1. The van der Waals surface area contributed by atoms with Gasteiger partial charge >= 0.3 is 0 Å². The molecule has 0 heterocycles. The van der Waals surface area contributed by atoms with Gasteiger partial charge < -0.3 is 19.7 Å². The van der Waals surface area contributed by atoms with Gasteiger partial charge in [-0.05, 0) is 55.8 Å². The van der Waals surface area contributed by atoms with Gasteiger partial charge in [-0.15, -0.1) is 0 Å². The number of nitrogens with zero attached hydrogens (tertiary/aromatic N) is 2. The Morgan fingerprint density at radius 1 is 0.949 bits per heavy atom. The molecule has 0 bridgehead atoms. The summed E-state index contributed by atoms with van der Waals surface area (Å²) >= 11 is 0. The molecule has 208 valence electrons. The molecule has 1 N–H and O–H groups in total. The molecule has 0 saturated heterocycles. The van der Waals surface area contributed by atoms with Gasteiger partial charge in [0.1, 0.15) is 18.4 Å². The fourth-order valence-corrected chi connectivity index (χ4v) is 5.35. The predicted molar refractivity (Wildman–Crippen MR) is 146 cm³/mol. The molecule has 0 aliphatic rings. The van der Waals surface area contributed by atoms with Crippen molar-refractivity contribution in [3.05, 3.63) is 83.7 Å². The van der Waals surface area contributed by atoms with Gasteiger partial charge in [-0.2, -0.15) is 0 Å². The Morgan fingerprint density at radius 3 is 2.13 bits per heavy atom. The van der Waals surface area contributed by atoms with Crippen molar-refractivity contribution in [2.45, 2.75) is 31.3 Å². The Hall–Kier alpha value is -4.12. The van der Waals surface area contributed by atoms with Crippen LogP contribution in [0.4, 0.5) is 10.1 Å². The summed E-state index contributed by atoms with van der Waals surface area (Å²) in [6, 6.07) is 15.4. The lowest BCUT2D eigenvalue weighted by atomic mass is 10.1. The SMILES string of the molecule is CNC(=O)[C@@H](C)N(Cc1ccc(F)cc1)C(=O)CN(c1ccc(C)cc1)S(=O)(=O)c1ccc(OC)c(OC)c1. The molecule has 9 nitrogen and oxygen atoms in total. The number of nitrogens with one attached hydrogen (secondary N) is 1. The number of carbonyl (C=O) groups is 2. The normalized spacial score (nSPS) is 11.8. The number of hydrogen-bond acceptors (Lipinski definition) is 6. The molecule has 1 atom stereocenters. The average molecular weight is 558 g/mol. The minimum atomic E-state index is -4.28. The first kappa shape index (κ1) is 29.4. The maximum Gasteiger partial charge on any atom is 0.264 e. The van der Waals surface area contributed by atoms with Crippen molar-refractivity contribution in [2.75, 3.05) is 32.1 Å². The average Bonchev–Trinajstić information content (AvgIpc) is 2.94. The van der Waals surface area contributed by atoms with E-state index in [4.69, 9.17) is 9.47 Å². The lowest BCUT2D eigenvalue weighted by Gasteiger charge is -2.32. The summed E-state index contributed by atoms with van der Waals surface area (Å²) < 4.78 is 52.8. The molecule has 3 rings (SSSR count). The number of halogens is 1. The number of sulfonamides is 1. The van der Waals surface area contributed by atoms with E-state index in [2.05, 4.69) is 5.32 Å². The zero-order valence-electron chi connectivity index (χ0n) is 22.5. The molecular formula is C28H32FN3O6S. The number of benzene rings is 3. The van der Waals surface area contributed by atoms with Crippen LogP contribution in [-0.2, 0) is 26.2 Å². The molecule has 2 amide bonds. The van der Waals surface area contributed by atoms with E-state index < -0.39 is 40.2 Å². The van der Waals surface area contributed by atoms with Gasteiger partial charge in [0.2, 0.25) is 11.8 Å². The quantitative estimate of drug-likeness (QED) is 0.387. The van der Waals surface area contributed by atoms with Crippen LogP contribution >= 0.6 is 0 Å². The molecule has 0 unspecified atom stereocenters. The highest BCUT2D eigenvalue weighted by atomic mass is 32.2. The Kier molecular flexibility index (Phi) is 9.52. The van der Waals surface area contributed by atoms with Crippen molar-refractivity contribution in [1.29, 1.82) is 0 Å². The minimum absolute atomic E-state index is 0.0359. The molecular weight excluding hydrogens is 525 g/mol. The van der Waals surface area contributed by atoms with Crippen molar-refractivity contribution in [2.24, 2.45) is 0 Å². The fourth-order valence-electron chi connectivity index (χ4n) is 3.92. The van der Waals surface area contributed by atoms with Crippen LogP contribution in [0.1, 0.15) is 18.1 Å². The predicted octanol–water partition coefficient (Wildman–Crippen LogP) is 3.51. The van der Waals surface area contributed by atoms with Crippen LogP contribution in [0.3, 0.4) is 0 Å². The van der Waals surface area contributed by atoms with Crippen molar-refractivity contribution >= 4 is 27.5 Å². The number of amides is 2. The highest BCUT2D eigenvalue weighted by Crippen LogP contribution is 2.32. The summed E-state index contributed by atoms with van der Waals surface area (Å²) in [6.45, 7) is 2.77. The summed E-state index contributed by atoms with van der Waals surface area (Å²) in [7, 11) is -0.0100. The van der Waals surface area contributed by atoms with E-state index in [1.807, 2.05) is 6.92 Å². The van der Waals surface area contributed by atoms with Gasteiger partial charge in [0.15, 0.2) is 11.5 Å². The van der Waals surface area contributed by atoms with Crippen LogP contribution in [0.15, 0.2) is 71.6 Å². The Bertz CT molecular complexity index is 1410. The second-order valence-corrected chi connectivity index (χ2v) is 10.7. The van der Waals surface area contributed by atoms with Crippen LogP contribution in [-0.4, -0.2) is 59.0 Å². The number of rotatable bonds is 11. The largest absolute Gasteiger partial charge is 0.493 e. The van der Waals surface area contributed by atoms with Gasteiger partial charge in [-0.3, -0.25) is 13.9 Å². The Morgan fingerprint density at radius 2 is 1.56 bits per heavy atom. The lowest BCUT2D eigenvalue weighted by molar-refractivity contribution is -0.139. The van der Waals surface area contributed by atoms with Crippen LogP contribution in [0.5, 0.6) is 11.5 Å². The smallest absolute Gasteiger partial charge is 0.264 e. The maximum absolute atomic E-state index is 13.9. The third-order valence-corrected chi connectivity index (χ3v) is 7.99. The molecule has 39 heavy (non-hydrogen) atoms. The number of anilines is 1. The van der Waals surface area contributed by atoms with Gasteiger partial charge in [0.25, 0.3) is 10.0 Å². The topological polar surface area (TPSA) is 105 Å². The van der Waals surface area contributed by atoms with E-state index in [-0.39, 0.29) is 22.9 Å². The van der Waals surface area contributed by atoms with Gasteiger partial charge in [0, 0.05) is 19.7 Å². The summed E-state index contributed by atoms with van der Waals surface area (Å²) in [4.78, 5) is 27.4. The first-order valence-electron chi connectivity index (χ1n) is 12.1. The highest BCUT2D eigenvalue weighted by molar-refractivity contribution is 7.92. The van der Waals surface area contributed by atoms with Crippen LogP contribution < -0.4 is 19.1 Å². The second kappa shape index (κ2) is 12.6. The molecule has 11 heteroatoms. The van der Waals surface area contributed by atoms with Crippen LogP contribution in [0.2, 0.25) is 0 Å². The third-order valence-electron chi connectivity index (χ3n) is 6.22. The number of hydrogen-bond donors (Lipinski definition) is 1. The second-order valence-electron chi connectivity index (χ2n) is 8.80. The summed E-state index contributed by atoms with van der Waals surface area (Å²) in [5.41, 5.74) is 1.74. The van der Waals surface area contributed by atoms with E-state index >= 15 is 0 Å². The standard InChI is InChI=1S/C28H32FN3O6S/c1-19-6-12-23(13-7-19)32(39(35,36)24-14-15-25(37-4)26(16-24)38-5)18-27(33)31(20(2)28(34)30-3)17-21-8-10-22(29)11-9-21/h6-16,20H,17-18H2,1-5H3,(H,30,34)/t20-/m1/s1. The number of carbonyl (C=O) groups excluding carboxylic acids is 2. The molecule has 0 spiro atoms. The molecule has 0 saturated carbocycles. The first-order chi connectivity index (χ1) is 18.5. The van der Waals surface area contributed by atoms with E-state index in [1.165, 1.54) is 68.6 Å². The molecule has 0 fully saturated rings. The molecule has 0 radical (unpaired) electrons.